The first-order chi connectivity index (χ1) is 15.0. The molecule has 1 atom stereocenters. The number of nitrogens with one attached hydrogen (secondary N) is 2. The predicted molar refractivity (Wildman–Crippen MR) is 113 cm³/mol. The third-order valence-electron chi connectivity index (χ3n) is 6.05. The predicted octanol–water partition coefficient (Wildman–Crippen LogP) is 3.65. The number of amides is 2. The summed E-state index contributed by atoms with van der Waals surface area (Å²) in [5.41, 5.74) is 1.04. The first-order valence-electron chi connectivity index (χ1n) is 10.7. The minimum absolute atomic E-state index is 0.0731. The third-order valence-corrected chi connectivity index (χ3v) is 6.05. The van der Waals surface area contributed by atoms with Crippen LogP contribution in [0.5, 0.6) is 0 Å². The number of likely N-dealkylation sites (tertiary alicyclic amines) is 1. The van der Waals surface area contributed by atoms with E-state index < -0.39 is 11.6 Å². The Hall–Kier alpha value is -2.74. The molecular formula is C23H27F3N4O. The lowest BCUT2D eigenvalue weighted by Gasteiger charge is -2.32. The fourth-order valence-electron chi connectivity index (χ4n) is 4.35. The van der Waals surface area contributed by atoms with Crippen molar-refractivity contribution in [2.75, 3.05) is 31.1 Å². The van der Waals surface area contributed by atoms with E-state index in [1.165, 1.54) is 18.2 Å². The number of halogens is 3. The van der Waals surface area contributed by atoms with Crippen LogP contribution in [0.3, 0.4) is 0 Å². The second-order valence-corrected chi connectivity index (χ2v) is 8.29. The molecule has 1 unspecified atom stereocenters. The van der Waals surface area contributed by atoms with Gasteiger partial charge in [-0.2, -0.15) is 0 Å². The number of carbonyl (C=O) groups is 1. The number of anilines is 1. The molecule has 2 aromatic rings. The lowest BCUT2D eigenvalue weighted by atomic mass is 10.0. The van der Waals surface area contributed by atoms with Gasteiger partial charge in [0.2, 0.25) is 0 Å². The SMILES string of the molecule is O=C(NC1CCN(Cc2ccccc2F)CC1)NC1CCN(c2ccc(F)cc2F)C1. The summed E-state index contributed by atoms with van der Waals surface area (Å²) in [5.74, 6) is -1.38. The second-order valence-electron chi connectivity index (χ2n) is 8.29. The molecule has 2 aromatic carbocycles. The first kappa shape index (κ1) is 21.5. The van der Waals surface area contributed by atoms with Crippen LogP contribution in [0.15, 0.2) is 42.5 Å². The van der Waals surface area contributed by atoms with Gasteiger partial charge in [0.15, 0.2) is 0 Å². The molecule has 0 radical (unpaired) electrons. The molecule has 2 fully saturated rings. The number of hydrogen-bond acceptors (Lipinski definition) is 3. The molecule has 8 heteroatoms. The van der Waals surface area contributed by atoms with Gasteiger partial charge in [-0.15, -0.1) is 0 Å². The van der Waals surface area contributed by atoms with Crippen molar-refractivity contribution in [3.8, 4) is 0 Å². The van der Waals surface area contributed by atoms with Gasteiger partial charge in [0.05, 0.1) is 5.69 Å². The topological polar surface area (TPSA) is 47.6 Å². The Morgan fingerprint density at radius 3 is 2.35 bits per heavy atom. The van der Waals surface area contributed by atoms with Crippen molar-refractivity contribution in [2.45, 2.75) is 37.9 Å². The van der Waals surface area contributed by atoms with E-state index in [1.807, 2.05) is 11.0 Å². The maximum atomic E-state index is 14.0. The van der Waals surface area contributed by atoms with E-state index in [2.05, 4.69) is 15.5 Å². The number of urea groups is 1. The summed E-state index contributed by atoms with van der Waals surface area (Å²) in [6.07, 6.45) is 2.31. The average molecular weight is 432 g/mol. The summed E-state index contributed by atoms with van der Waals surface area (Å²) in [4.78, 5) is 16.4. The zero-order valence-corrected chi connectivity index (χ0v) is 17.3. The molecule has 0 spiro atoms. The van der Waals surface area contributed by atoms with Crippen molar-refractivity contribution < 1.29 is 18.0 Å². The normalized spacial score (nSPS) is 20.1. The van der Waals surface area contributed by atoms with Crippen molar-refractivity contribution in [3.05, 3.63) is 65.5 Å². The second kappa shape index (κ2) is 9.60. The lowest BCUT2D eigenvalue weighted by Crippen LogP contribution is -2.50. The van der Waals surface area contributed by atoms with Crippen LogP contribution in [-0.2, 0) is 6.54 Å². The summed E-state index contributed by atoms with van der Waals surface area (Å²) in [6.45, 7) is 3.24. The molecule has 166 valence electrons. The maximum Gasteiger partial charge on any atom is 0.315 e. The monoisotopic (exact) mass is 432 g/mol. The molecule has 0 saturated carbocycles. The fourth-order valence-corrected chi connectivity index (χ4v) is 4.35. The average Bonchev–Trinajstić information content (AvgIpc) is 3.19. The van der Waals surface area contributed by atoms with Gasteiger partial charge in [-0.05, 0) is 37.5 Å². The first-order valence-corrected chi connectivity index (χ1v) is 10.7. The van der Waals surface area contributed by atoms with Crippen LogP contribution >= 0.6 is 0 Å². The molecule has 4 rings (SSSR count). The standard InChI is InChI=1S/C23H27F3N4O/c24-17-5-6-22(21(26)13-17)30-12-9-19(15-30)28-23(31)27-18-7-10-29(11-8-18)14-16-3-1-2-4-20(16)25/h1-6,13,18-19H,7-12,14-15H2,(H2,27,28,31). The van der Waals surface area contributed by atoms with E-state index >= 15 is 0 Å². The zero-order chi connectivity index (χ0) is 21.8. The Kier molecular flexibility index (Phi) is 6.65. The molecular weight excluding hydrogens is 405 g/mol. The van der Waals surface area contributed by atoms with Gasteiger partial charge in [0.25, 0.3) is 0 Å². The highest BCUT2D eigenvalue weighted by Gasteiger charge is 2.27. The number of rotatable bonds is 5. The smallest absolute Gasteiger partial charge is 0.315 e. The molecule has 2 aliphatic rings. The Labute approximate surface area is 180 Å². The van der Waals surface area contributed by atoms with E-state index in [1.54, 1.807) is 12.1 Å². The van der Waals surface area contributed by atoms with E-state index in [-0.39, 0.29) is 23.9 Å². The van der Waals surface area contributed by atoms with Crippen LogP contribution in [0.4, 0.5) is 23.7 Å². The summed E-state index contributed by atoms with van der Waals surface area (Å²) in [5, 5.41) is 5.99. The largest absolute Gasteiger partial charge is 0.367 e. The molecule has 0 bridgehead atoms. The highest BCUT2D eigenvalue weighted by Crippen LogP contribution is 2.24. The van der Waals surface area contributed by atoms with E-state index in [9.17, 15) is 18.0 Å². The third kappa shape index (κ3) is 5.50. The summed E-state index contributed by atoms with van der Waals surface area (Å²) in [6, 6.07) is 10.1. The Balaban J connectivity index is 1.20. The van der Waals surface area contributed by atoms with Gasteiger partial charge in [-0.25, -0.2) is 18.0 Å². The van der Waals surface area contributed by atoms with Gasteiger partial charge in [-0.3, -0.25) is 4.90 Å². The Morgan fingerprint density at radius 1 is 0.903 bits per heavy atom. The summed E-state index contributed by atoms with van der Waals surface area (Å²) in [7, 11) is 0. The van der Waals surface area contributed by atoms with E-state index in [0.29, 0.717) is 37.3 Å². The van der Waals surface area contributed by atoms with Crippen LogP contribution in [0.1, 0.15) is 24.8 Å². The zero-order valence-electron chi connectivity index (χ0n) is 17.3. The number of benzene rings is 2. The summed E-state index contributed by atoms with van der Waals surface area (Å²) >= 11 is 0. The summed E-state index contributed by atoms with van der Waals surface area (Å²) < 4.78 is 40.9. The van der Waals surface area contributed by atoms with Gasteiger partial charge in [0, 0.05) is 56.4 Å². The lowest BCUT2D eigenvalue weighted by molar-refractivity contribution is 0.184. The fraction of sp³-hybridized carbons (Fsp3) is 0.435. The van der Waals surface area contributed by atoms with Crippen molar-refractivity contribution in [1.29, 1.82) is 0 Å². The van der Waals surface area contributed by atoms with Crippen molar-refractivity contribution in [3.63, 3.8) is 0 Å². The van der Waals surface area contributed by atoms with Crippen molar-refractivity contribution in [2.24, 2.45) is 0 Å². The Bertz CT molecular complexity index is 917. The van der Waals surface area contributed by atoms with Gasteiger partial charge in [0.1, 0.15) is 17.5 Å². The molecule has 2 N–H and O–H groups in total. The van der Waals surface area contributed by atoms with Crippen LogP contribution in [0.25, 0.3) is 0 Å². The van der Waals surface area contributed by atoms with Crippen molar-refractivity contribution >= 4 is 11.7 Å². The molecule has 31 heavy (non-hydrogen) atoms. The van der Waals surface area contributed by atoms with Crippen LogP contribution in [-0.4, -0.2) is 49.2 Å². The van der Waals surface area contributed by atoms with Crippen LogP contribution in [0.2, 0.25) is 0 Å². The van der Waals surface area contributed by atoms with Crippen LogP contribution < -0.4 is 15.5 Å². The molecule has 2 heterocycles. The molecule has 0 aliphatic carbocycles. The minimum Gasteiger partial charge on any atom is -0.367 e. The quantitative estimate of drug-likeness (QED) is 0.759. The van der Waals surface area contributed by atoms with Gasteiger partial charge >= 0.3 is 6.03 Å². The highest BCUT2D eigenvalue weighted by atomic mass is 19.1. The maximum absolute atomic E-state index is 14.0. The van der Waals surface area contributed by atoms with Gasteiger partial charge < -0.3 is 15.5 Å². The van der Waals surface area contributed by atoms with Crippen molar-refractivity contribution in [1.82, 2.24) is 15.5 Å². The van der Waals surface area contributed by atoms with E-state index in [0.717, 1.165) is 32.0 Å². The van der Waals surface area contributed by atoms with E-state index in [4.69, 9.17) is 0 Å². The molecule has 2 aliphatic heterocycles. The number of piperidine rings is 1. The highest BCUT2D eigenvalue weighted by molar-refractivity contribution is 5.74. The Morgan fingerprint density at radius 2 is 1.61 bits per heavy atom. The molecule has 2 amide bonds. The van der Waals surface area contributed by atoms with Crippen LogP contribution in [0, 0.1) is 17.5 Å². The number of nitrogens with zero attached hydrogens (tertiary/aromatic N) is 2. The molecule has 0 aromatic heterocycles. The number of hydrogen-bond donors (Lipinski definition) is 2. The number of carbonyl (C=O) groups excluding carboxylic acids is 1. The molecule has 5 nitrogen and oxygen atoms in total. The minimum atomic E-state index is -0.602. The van der Waals surface area contributed by atoms with Gasteiger partial charge in [-0.1, -0.05) is 18.2 Å². The molecule has 2 saturated heterocycles.